The molecule has 3 rings (SSSR count). The summed E-state index contributed by atoms with van der Waals surface area (Å²) in [5.74, 6) is -0.352. The van der Waals surface area contributed by atoms with E-state index in [-0.39, 0.29) is 13.0 Å². The number of nitriles is 1. The molecular formula is C26H24N2O5. The fourth-order valence-corrected chi connectivity index (χ4v) is 3.11. The molecule has 0 radical (unpaired) electrons. The summed E-state index contributed by atoms with van der Waals surface area (Å²) in [5, 5.41) is 22.1. The van der Waals surface area contributed by atoms with Crippen molar-refractivity contribution in [3.8, 4) is 17.6 Å². The second-order valence-corrected chi connectivity index (χ2v) is 7.16. The normalized spacial score (nSPS) is 11.8. The first kappa shape index (κ1) is 23.4. The molecule has 0 saturated heterocycles. The molecule has 0 amide bonds. The molecule has 0 fully saturated rings. The van der Waals surface area contributed by atoms with E-state index in [1.807, 2.05) is 60.7 Å². The molecule has 1 unspecified atom stereocenters. The molecule has 3 aromatic rings. The molecule has 7 nitrogen and oxygen atoms in total. The van der Waals surface area contributed by atoms with Crippen LogP contribution in [-0.4, -0.2) is 30.5 Å². The molecule has 1 atom stereocenters. The smallest absolute Gasteiger partial charge is 0.305 e. The van der Waals surface area contributed by atoms with Crippen molar-refractivity contribution in [2.45, 2.75) is 18.9 Å². The largest absolute Gasteiger partial charge is 0.489 e. The second-order valence-electron chi connectivity index (χ2n) is 7.16. The van der Waals surface area contributed by atoms with Crippen molar-refractivity contribution in [3.63, 3.8) is 0 Å². The minimum absolute atomic E-state index is 0.227. The van der Waals surface area contributed by atoms with Gasteiger partial charge in [0.05, 0.1) is 18.4 Å². The van der Waals surface area contributed by atoms with Crippen LogP contribution in [0.5, 0.6) is 11.5 Å². The Morgan fingerprint density at radius 3 is 2.21 bits per heavy atom. The van der Waals surface area contributed by atoms with Gasteiger partial charge >= 0.3 is 5.97 Å². The predicted molar refractivity (Wildman–Crippen MR) is 123 cm³/mol. The highest BCUT2D eigenvalue weighted by Crippen LogP contribution is 2.23. The van der Waals surface area contributed by atoms with Gasteiger partial charge in [-0.05, 0) is 35.4 Å². The Morgan fingerprint density at radius 2 is 1.61 bits per heavy atom. The van der Waals surface area contributed by atoms with Crippen LogP contribution in [0.4, 0.5) is 0 Å². The number of aliphatic carboxylic acids is 1. The number of rotatable bonds is 11. The van der Waals surface area contributed by atoms with E-state index in [9.17, 15) is 4.79 Å². The van der Waals surface area contributed by atoms with Gasteiger partial charge in [0.1, 0.15) is 37.5 Å². The number of carboxylic acid groups (broad SMARTS) is 1. The second kappa shape index (κ2) is 11.9. The van der Waals surface area contributed by atoms with Crippen LogP contribution in [0.2, 0.25) is 0 Å². The molecule has 1 N–H and O–H groups in total. The molecular weight excluding hydrogens is 420 g/mol. The Balaban J connectivity index is 1.53. The fraction of sp³-hybridized carbons (Fsp3) is 0.192. The standard InChI is InChI=1S/C26H24N2O5/c1-31-28-25(21-5-3-2-4-6-21)18-33-23-11-7-19(8-12-23)17-32-24-13-9-20(10-14-24)22(16-27)15-26(29)30/h2-14,22H,15,17-18H2,1H3,(H,29,30)/b28-25+. The lowest BCUT2D eigenvalue weighted by atomic mass is 9.97. The van der Waals surface area contributed by atoms with Crippen LogP contribution in [0.1, 0.15) is 29.0 Å². The van der Waals surface area contributed by atoms with Gasteiger partial charge < -0.3 is 19.4 Å². The van der Waals surface area contributed by atoms with E-state index < -0.39 is 11.9 Å². The van der Waals surface area contributed by atoms with E-state index in [0.717, 1.165) is 11.1 Å². The zero-order valence-corrected chi connectivity index (χ0v) is 18.2. The van der Waals surface area contributed by atoms with Gasteiger partial charge in [-0.15, -0.1) is 0 Å². The molecule has 0 saturated carbocycles. The van der Waals surface area contributed by atoms with Crippen LogP contribution < -0.4 is 9.47 Å². The number of hydrogen-bond acceptors (Lipinski definition) is 6. The molecule has 168 valence electrons. The molecule has 0 heterocycles. The van der Waals surface area contributed by atoms with Gasteiger partial charge in [0.2, 0.25) is 0 Å². The maximum Gasteiger partial charge on any atom is 0.305 e. The van der Waals surface area contributed by atoms with Gasteiger partial charge in [-0.3, -0.25) is 4.79 Å². The summed E-state index contributed by atoms with van der Waals surface area (Å²) < 4.78 is 11.6. The summed E-state index contributed by atoms with van der Waals surface area (Å²) >= 11 is 0. The summed E-state index contributed by atoms with van der Waals surface area (Å²) in [7, 11) is 1.50. The quantitative estimate of drug-likeness (QED) is 0.337. The van der Waals surface area contributed by atoms with Crippen LogP contribution in [0.25, 0.3) is 0 Å². The number of nitrogens with zero attached hydrogens (tertiary/aromatic N) is 2. The Bertz CT molecular complexity index is 1100. The lowest BCUT2D eigenvalue weighted by molar-refractivity contribution is -0.137. The first-order valence-electron chi connectivity index (χ1n) is 10.3. The van der Waals surface area contributed by atoms with Crippen LogP contribution in [0.3, 0.4) is 0 Å². The Morgan fingerprint density at radius 1 is 0.970 bits per heavy atom. The van der Waals surface area contributed by atoms with Crippen LogP contribution in [0, 0.1) is 11.3 Å². The van der Waals surface area contributed by atoms with Crippen LogP contribution in [-0.2, 0) is 16.2 Å². The number of benzene rings is 3. The summed E-state index contributed by atoms with van der Waals surface area (Å²) in [6, 6.07) is 26.2. The molecule has 0 spiro atoms. The zero-order chi connectivity index (χ0) is 23.5. The predicted octanol–water partition coefficient (Wildman–Crippen LogP) is 4.78. The number of oxime groups is 1. The third kappa shape index (κ3) is 7.11. The van der Waals surface area contributed by atoms with Gasteiger partial charge in [-0.25, -0.2) is 0 Å². The van der Waals surface area contributed by atoms with E-state index >= 15 is 0 Å². The van der Waals surface area contributed by atoms with Crippen molar-refractivity contribution in [2.24, 2.45) is 5.16 Å². The first-order chi connectivity index (χ1) is 16.1. The maximum atomic E-state index is 10.9. The molecule has 3 aromatic carbocycles. The van der Waals surface area contributed by atoms with Crippen molar-refractivity contribution >= 4 is 11.7 Å². The topological polar surface area (TPSA) is 101 Å². The molecule has 0 aliphatic carbocycles. The molecule has 33 heavy (non-hydrogen) atoms. The third-order valence-electron chi connectivity index (χ3n) is 4.83. The van der Waals surface area contributed by atoms with Crippen molar-refractivity contribution in [3.05, 3.63) is 95.6 Å². The van der Waals surface area contributed by atoms with E-state index in [0.29, 0.717) is 29.4 Å². The first-order valence-corrected chi connectivity index (χ1v) is 10.3. The van der Waals surface area contributed by atoms with Gasteiger partial charge in [-0.1, -0.05) is 59.8 Å². The minimum atomic E-state index is -1.00. The van der Waals surface area contributed by atoms with Crippen LogP contribution >= 0.6 is 0 Å². The molecule has 0 aliphatic heterocycles. The van der Waals surface area contributed by atoms with Crippen molar-refractivity contribution in [1.82, 2.24) is 0 Å². The Kier molecular flexibility index (Phi) is 8.43. The zero-order valence-electron chi connectivity index (χ0n) is 18.2. The third-order valence-corrected chi connectivity index (χ3v) is 4.83. The molecule has 0 aliphatic rings. The molecule has 0 bridgehead atoms. The van der Waals surface area contributed by atoms with E-state index in [1.54, 1.807) is 24.3 Å². The van der Waals surface area contributed by atoms with Gasteiger partial charge in [0.15, 0.2) is 0 Å². The van der Waals surface area contributed by atoms with Gasteiger partial charge in [0.25, 0.3) is 0 Å². The number of carboxylic acids is 1. The fourth-order valence-electron chi connectivity index (χ4n) is 3.11. The monoisotopic (exact) mass is 444 g/mol. The van der Waals surface area contributed by atoms with Gasteiger partial charge in [0, 0.05) is 5.56 Å². The Labute approximate surface area is 192 Å². The maximum absolute atomic E-state index is 10.9. The van der Waals surface area contributed by atoms with Crippen molar-refractivity contribution < 1.29 is 24.2 Å². The van der Waals surface area contributed by atoms with E-state index in [1.165, 1.54) is 7.11 Å². The average molecular weight is 444 g/mol. The number of ether oxygens (including phenoxy) is 2. The Hall–Kier alpha value is -4.31. The molecule has 0 aromatic heterocycles. The summed E-state index contributed by atoms with van der Waals surface area (Å²) in [5.41, 5.74) is 3.23. The molecule has 7 heteroatoms. The van der Waals surface area contributed by atoms with Crippen molar-refractivity contribution in [1.29, 1.82) is 5.26 Å². The SMILES string of the molecule is CO/N=C(\COc1ccc(COc2ccc(C(C#N)CC(=O)O)cc2)cc1)c1ccccc1. The van der Waals surface area contributed by atoms with Gasteiger partial charge in [-0.2, -0.15) is 5.26 Å². The highest BCUT2D eigenvalue weighted by atomic mass is 16.6. The minimum Gasteiger partial charge on any atom is -0.489 e. The van der Waals surface area contributed by atoms with E-state index in [4.69, 9.17) is 24.7 Å². The summed E-state index contributed by atoms with van der Waals surface area (Å²) in [6.07, 6.45) is -0.227. The van der Waals surface area contributed by atoms with Crippen LogP contribution in [0.15, 0.2) is 84.0 Å². The lowest BCUT2D eigenvalue weighted by Crippen LogP contribution is -2.13. The van der Waals surface area contributed by atoms with E-state index in [2.05, 4.69) is 5.16 Å². The lowest BCUT2D eigenvalue weighted by Gasteiger charge is -2.11. The highest BCUT2D eigenvalue weighted by Gasteiger charge is 2.14. The average Bonchev–Trinajstić information content (AvgIpc) is 2.85. The number of hydrogen-bond donors (Lipinski definition) is 1. The summed E-state index contributed by atoms with van der Waals surface area (Å²) in [4.78, 5) is 15.8. The number of carbonyl (C=O) groups is 1. The highest BCUT2D eigenvalue weighted by molar-refractivity contribution is 6.01. The van der Waals surface area contributed by atoms with Crippen molar-refractivity contribution in [2.75, 3.05) is 13.7 Å². The summed E-state index contributed by atoms with van der Waals surface area (Å²) in [6.45, 7) is 0.627.